The Kier molecular flexibility index (Phi) is 4.36. The number of anilines is 1. The number of hydrogen-bond donors (Lipinski definition) is 1. The summed E-state index contributed by atoms with van der Waals surface area (Å²) >= 11 is 3.37. The van der Waals surface area contributed by atoms with Crippen LogP contribution in [0.5, 0.6) is 0 Å². The summed E-state index contributed by atoms with van der Waals surface area (Å²) in [6.07, 6.45) is 2.36. The van der Waals surface area contributed by atoms with Crippen LogP contribution in [0.3, 0.4) is 0 Å². The van der Waals surface area contributed by atoms with Gasteiger partial charge in [0.2, 0.25) is 0 Å². The lowest BCUT2D eigenvalue weighted by Gasteiger charge is -2.37. The summed E-state index contributed by atoms with van der Waals surface area (Å²) in [5, 5.41) is 10.7. The Morgan fingerprint density at radius 1 is 1.68 bits per heavy atom. The molecule has 19 heavy (non-hydrogen) atoms. The molecule has 2 atom stereocenters. The van der Waals surface area contributed by atoms with Crippen LogP contribution in [-0.4, -0.2) is 29.5 Å². The Morgan fingerprint density at radius 3 is 3.00 bits per heavy atom. The van der Waals surface area contributed by atoms with Crippen molar-refractivity contribution in [3.05, 3.63) is 26.9 Å². The zero-order valence-corrected chi connectivity index (χ0v) is 12.3. The molecule has 7 heteroatoms. The van der Waals surface area contributed by atoms with Gasteiger partial charge in [-0.2, -0.15) is 0 Å². The average molecular weight is 329 g/mol. The molecule has 1 saturated heterocycles. The van der Waals surface area contributed by atoms with E-state index in [1.165, 1.54) is 12.3 Å². The maximum absolute atomic E-state index is 10.7. The van der Waals surface area contributed by atoms with Gasteiger partial charge in [-0.05, 0) is 40.7 Å². The Hall–Kier alpha value is -1.21. The van der Waals surface area contributed by atoms with Crippen molar-refractivity contribution >= 4 is 27.4 Å². The highest BCUT2D eigenvalue weighted by Gasteiger charge is 2.27. The summed E-state index contributed by atoms with van der Waals surface area (Å²) in [6, 6.07) is 1.50. The molecule has 6 nitrogen and oxygen atoms in total. The van der Waals surface area contributed by atoms with Crippen LogP contribution in [0, 0.1) is 22.0 Å². The number of nitro groups is 1. The smallest absolute Gasteiger partial charge is 0.288 e. The van der Waals surface area contributed by atoms with E-state index in [-0.39, 0.29) is 5.69 Å². The minimum absolute atomic E-state index is 0.00335. The van der Waals surface area contributed by atoms with Crippen LogP contribution in [0.2, 0.25) is 0 Å². The van der Waals surface area contributed by atoms with E-state index in [4.69, 9.17) is 5.73 Å². The summed E-state index contributed by atoms with van der Waals surface area (Å²) in [7, 11) is 0. The normalized spacial score (nSPS) is 23.4. The van der Waals surface area contributed by atoms with E-state index >= 15 is 0 Å². The van der Waals surface area contributed by atoms with Gasteiger partial charge in [0.05, 0.1) is 9.40 Å². The highest BCUT2D eigenvalue weighted by atomic mass is 79.9. The quantitative estimate of drug-likeness (QED) is 0.678. The zero-order valence-electron chi connectivity index (χ0n) is 10.8. The van der Waals surface area contributed by atoms with Crippen molar-refractivity contribution in [1.82, 2.24) is 4.98 Å². The van der Waals surface area contributed by atoms with Gasteiger partial charge in [-0.15, -0.1) is 0 Å². The number of nitrogens with zero attached hydrogens (tertiary/aromatic N) is 3. The molecule has 2 N–H and O–H groups in total. The fourth-order valence-corrected chi connectivity index (χ4v) is 2.99. The monoisotopic (exact) mass is 328 g/mol. The number of piperidine rings is 1. The second-order valence-corrected chi connectivity index (χ2v) is 5.82. The minimum atomic E-state index is -0.442. The van der Waals surface area contributed by atoms with Crippen molar-refractivity contribution in [2.24, 2.45) is 17.6 Å². The molecule has 0 saturated carbocycles. The molecule has 1 aliphatic rings. The van der Waals surface area contributed by atoms with Gasteiger partial charge >= 0.3 is 0 Å². The molecule has 0 radical (unpaired) electrons. The van der Waals surface area contributed by atoms with E-state index in [9.17, 15) is 10.1 Å². The van der Waals surface area contributed by atoms with Crippen LogP contribution in [0.25, 0.3) is 0 Å². The van der Waals surface area contributed by atoms with Crippen molar-refractivity contribution in [1.29, 1.82) is 0 Å². The molecule has 0 aromatic carbocycles. The molecule has 0 spiro atoms. The number of halogens is 1. The van der Waals surface area contributed by atoms with Gasteiger partial charge in [0, 0.05) is 19.2 Å². The van der Waals surface area contributed by atoms with Crippen molar-refractivity contribution < 1.29 is 4.92 Å². The first-order valence-electron chi connectivity index (χ1n) is 6.28. The summed E-state index contributed by atoms with van der Waals surface area (Å²) < 4.78 is 0.659. The van der Waals surface area contributed by atoms with Gasteiger partial charge in [-0.3, -0.25) is 10.1 Å². The maximum atomic E-state index is 10.7. The lowest BCUT2D eigenvalue weighted by atomic mass is 9.87. The Balaban J connectivity index is 2.20. The molecule has 0 amide bonds. The highest BCUT2D eigenvalue weighted by molar-refractivity contribution is 9.10. The predicted octanol–water partition coefficient (Wildman–Crippen LogP) is 2.17. The molecule has 2 rings (SSSR count). The highest BCUT2D eigenvalue weighted by Crippen LogP contribution is 2.32. The van der Waals surface area contributed by atoms with Crippen LogP contribution in [0.1, 0.15) is 13.3 Å². The van der Waals surface area contributed by atoms with E-state index in [1.54, 1.807) is 0 Å². The van der Waals surface area contributed by atoms with E-state index in [2.05, 4.69) is 32.7 Å². The minimum Gasteiger partial charge on any atom is -0.355 e. The molecule has 2 unspecified atom stereocenters. The van der Waals surface area contributed by atoms with Crippen molar-refractivity contribution in [2.75, 3.05) is 24.5 Å². The molecule has 1 aliphatic heterocycles. The van der Waals surface area contributed by atoms with Crippen LogP contribution in [0.4, 0.5) is 11.5 Å². The van der Waals surface area contributed by atoms with E-state index in [0.29, 0.717) is 22.9 Å². The van der Waals surface area contributed by atoms with Gasteiger partial charge < -0.3 is 10.6 Å². The van der Waals surface area contributed by atoms with E-state index in [0.717, 1.165) is 25.3 Å². The number of rotatable bonds is 3. The number of hydrogen-bond acceptors (Lipinski definition) is 5. The topological polar surface area (TPSA) is 85.3 Å². The standard InChI is InChI=1S/C12H17BrN4O2/c1-8-2-3-16(7-9(8)5-14)12-11(13)4-10(6-15-12)17(18)19/h4,6,8-9H,2-3,5,7,14H2,1H3. The molecular formula is C12H17BrN4O2. The summed E-state index contributed by atoms with van der Waals surface area (Å²) in [5.74, 6) is 1.81. The lowest BCUT2D eigenvalue weighted by Crippen LogP contribution is -2.43. The average Bonchev–Trinajstić information content (AvgIpc) is 2.39. The molecule has 2 heterocycles. The predicted molar refractivity (Wildman–Crippen MR) is 77.1 cm³/mol. The largest absolute Gasteiger partial charge is 0.355 e. The van der Waals surface area contributed by atoms with Crippen molar-refractivity contribution in [3.8, 4) is 0 Å². The van der Waals surface area contributed by atoms with Gasteiger partial charge in [-0.25, -0.2) is 4.98 Å². The second kappa shape index (κ2) is 5.83. The Morgan fingerprint density at radius 2 is 2.42 bits per heavy atom. The number of pyridine rings is 1. The fraction of sp³-hybridized carbons (Fsp3) is 0.583. The van der Waals surface area contributed by atoms with Crippen LogP contribution >= 0.6 is 15.9 Å². The Bertz CT molecular complexity index is 483. The number of aromatic nitrogens is 1. The summed E-state index contributed by atoms with van der Waals surface area (Å²) in [4.78, 5) is 16.6. The maximum Gasteiger partial charge on any atom is 0.288 e. The third-order valence-corrected chi connectivity index (χ3v) is 4.32. The third-order valence-electron chi connectivity index (χ3n) is 3.73. The first kappa shape index (κ1) is 14.2. The van der Waals surface area contributed by atoms with Crippen LogP contribution in [-0.2, 0) is 0 Å². The fourth-order valence-electron chi connectivity index (χ4n) is 2.40. The van der Waals surface area contributed by atoms with Gasteiger partial charge in [0.1, 0.15) is 12.0 Å². The lowest BCUT2D eigenvalue weighted by molar-refractivity contribution is -0.385. The molecule has 0 aliphatic carbocycles. The van der Waals surface area contributed by atoms with E-state index in [1.807, 2.05) is 0 Å². The van der Waals surface area contributed by atoms with Crippen molar-refractivity contribution in [2.45, 2.75) is 13.3 Å². The second-order valence-electron chi connectivity index (χ2n) is 4.96. The third kappa shape index (κ3) is 3.03. The van der Waals surface area contributed by atoms with Crippen LogP contribution < -0.4 is 10.6 Å². The van der Waals surface area contributed by atoms with Gasteiger partial charge in [0.25, 0.3) is 5.69 Å². The summed E-state index contributed by atoms with van der Waals surface area (Å²) in [5.41, 5.74) is 5.78. The molecule has 1 aromatic rings. The van der Waals surface area contributed by atoms with Crippen molar-refractivity contribution in [3.63, 3.8) is 0 Å². The van der Waals surface area contributed by atoms with E-state index < -0.39 is 4.92 Å². The zero-order chi connectivity index (χ0) is 14.0. The first-order chi connectivity index (χ1) is 9.02. The molecule has 104 valence electrons. The molecule has 1 fully saturated rings. The van der Waals surface area contributed by atoms with Gasteiger partial charge in [0.15, 0.2) is 0 Å². The molecule has 0 bridgehead atoms. The SMILES string of the molecule is CC1CCN(c2ncc([N+](=O)[O-])cc2Br)CC1CN. The van der Waals surface area contributed by atoms with Crippen LogP contribution in [0.15, 0.2) is 16.7 Å². The Labute approximate surface area is 120 Å². The molecule has 1 aromatic heterocycles. The first-order valence-corrected chi connectivity index (χ1v) is 7.07. The molecular weight excluding hydrogens is 312 g/mol. The van der Waals surface area contributed by atoms with Gasteiger partial charge in [-0.1, -0.05) is 6.92 Å². The summed E-state index contributed by atoms with van der Waals surface area (Å²) in [6.45, 7) is 4.62. The number of nitrogens with two attached hydrogens (primary N) is 1.